The Labute approximate surface area is 142 Å². The van der Waals surface area contributed by atoms with Gasteiger partial charge in [-0.25, -0.2) is 0 Å². The molecular formula is C21H33NO. The highest BCUT2D eigenvalue weighted by Crippen LogP contribution is 2.58. The van der Waals surface area contributed by atoms with Gasteiger partial charge in [-0.3, -0.25) is 4.84 Å². The second-order valence-corrected chi connectivity index (χ2v) is 9.03. The molecule has 0 amide bonds. The zero-order chi connectivity index (χ0) is 17.2. The number of hydroxylamine groups is 2. The largest absolute Gasteiger partial charge is 0.293 e. The van der Waals surface area contributed by atoms with Crippen LogP contribution in [0, 0.1) is 32.1 Å². The summed E-state index contributed by atoms with van der Waals surface area (Å²) in [6.07, 6.45) is 2.48. The Morgan fingerprint density at radius 3 is 2.22 bits per heavy atom. The summed E-state index contributed by atoms with van der Waals surface area (Å²) < 4.78 is 0. The summed E-state index contributed by atoms with van der Waals surface area (Å²) in [5.74, 6) is 1.16. The van der Waals surface area contributed by atoms with Gasteiger partial charge in [0.25, 0.3) is 0 Å². The molecule has 0 N–H and O–H groups in total. The second kappa shape index (κ2) is 5.32. The normalized spacial score (nSPS) is 32.8. The Kier molecular flexibility index (Phi) is 3.93. The van der Waals surface area contributed by atoms with Gasteiger partial charge in [-0.05, 0) is 81.0 Å². The summed E-state index contributed by atoms with van der Waals surface area (Å²) in [6.45, 7) is 16.2. The SMILES string of the molecule is Cc1cc(C)c(C2CCC3C(C(C)(C)ON3C)C2(C)C)cc1C. The smallest absolute Gasteiger partial charge is 0.0892 e. The molecule has 23 heavy (non-hydrogen) atoms. The molecule has 2 heteroatoms. The highest BCUT2D eigenvalue weighted by molar-refractivity contribution is 5.40. The van der Waals surface area contributed by atoms with E-state index in [1.54, 1.807) is 5.56 Å². The van der Waals surface area contributed by atoms with Gasteiger partial charge in [-0.15, -0.1) is 0 Å². The number of nitrogens with zero attached hydrogens (tertiary/aromatic N) is 1. The van der Waals surface area contributed by atoms with E-state index in [2.05, 4.69) is 72.7 Å². The number of fused-ring (bicyclic) bond motifs is 1. The van der Waals surface area contributed by atoms with Gasteiger partial charge in [0.15, 0.2) is 0 Å². The van der Waals surface area contributed by atoms with E-state index < -0.39 is 0 Å². The van der Waals surface area contributed by atoms with Crippen LogP contribution in [0.4, 0.5) is 0 Å². The molecule has 1 saturated carbocycles. The van der Waals surface area contributed by atoms with Crippen molar-refractivity contribution in [1.82, 2.24) is 5.06 Å². The van der Waals surface area contributed by atoms with Crippen LogP contribution in [-0.2, 0) is 4.84 Å². The molecule has 1 aliphatic heterocycles. The second-order valence-electron chi connectivity index (χ2n) is 9.03. The van der Waals surface area contributed by atoms with Crippen molar-refractivity contribution in [3.05, 3.63) is 34.4 Å². The molecular weight excluding hydrogens is 282 g/mol. The van der Waals surface area contributed by atoms with Crippen LogP contribution >= 0.6 is 0 Å². The van der Waals surface area contributed by atoms with E-state index in [9.17, 15) is 0 Å². The molecule has 1 aromatic rings. The zero-order valence-electron chi connectivity index (χ0n) is 16.2. The summed E-state index contributed by atoms with van der Waals surface area (Å²) in [5.41, 5.74) is 5.97. The fraction of sp³-hybridized carbons (Fsp3) is 0.714. The van der Waals surface area contributed by atoms with Gasteiger partial charge in [0, 0.05) is 19.0 Å². The lowest BCUT2D eigenvalue weighted by molar-refractivity contribution is -0.180. The summed E-state index contributed by atoms with van der Waals surface area (Å²) in [4.78, 5) is 6.22. The van der Waals surface area contributed by atoms with Gasteiger partial charge in [-0.1, -0.05) is 26.0 Å². The molecule has 1 saturated heterocycles. The average Bonchev–Trinajstić information content (AvgIpc) is 2.65. The van der Waals surface area contributed by atoms with E-state index in [0.717, 1.165) is 0 Å². The van der Waals surface area contributed by atoms with E-state index in [0.29, 0.717) is 17.9 Å². The summed E-state index contributed by atoms with van der Waals surface area (Å²) in [5, 5.41) is 2.13. The van der Waals surface area contributed by atoms with E-state index in [1.807, 2.05) is 0 Å². The first kappa shape index (κ1) is 17.0. The number of hydrogen-bond donors (Lipinski definition) is 0. The number of rotatable bonds is 1. The van der Waals surface area contributed by atoms with Gasteiger partial charge in [-0.2, -0.15) is 5.06 Å². The van der Waals surface area contributed by atoms with Crippen molar-refractivity contribution in [3.8, 4) is 0 Å². The Morgan fingerprint density at radius 2 is 1.57 bits per heavy atom. The van der Waals surface area contributed by atoms with Crippen LogP contribution in [0.1, 0.15) is 68.7 Å². The van der Waals surface area contributed by atoms with Crippen molar-refractivity contribution in [2.45, 2.75) is 78.9 Å². The molecule has 3 atom stereocenters. The highest BCUT2D eigenvalue weighted by atomic mass is 16.7. The molecule has 0 aromatic heterocycles. The van der Waals surface area contributed by atoms with Gasteiger partial charge < -0.3 is 0 Å². The average molecular weight is 316 g/mol. The van der Waals surface area contributed by atoms with E-state index >= 15 is 0 Å². The van der Waals surface area contributed by atoms with Crippen molar-refractivity contribution in [3.63, 3.8) is 0 Å². The topological polar surface area (TPSA) is 12.5 Å². The van der Waals surface area contributed by atoms with Crippen LogP contribution in [0.5, 0.6) is 0 Å². The molecule has 0 bridgehead atoms. The maximum absolute atomic E-state index is 6.22. The molecule has 3 unspecified atom stereocenters. The van der Waals surface area contributed by atoms with Crippen LogP contribution in [-0.4, -0.2) is 23.8 Å². The van der Waals surface area contributed by atoms with Crippen LogP contribution in [0.2, 0.25) is 0 Å². The molecule has 1 aromatic carbocycles. The molecule has 0 spiro atoms. The Hall–Kier alpha value is -0.860. The predicted octanol–water partition coefficient (Wildman–Crippen LogP) is 5.16. The third kappa shape index (κ3) is 2.55. The fourth-order valence-corrected chi connectivity index (χ4v) is 5.75. The maximum atomic E-state index is 6.22. The van der Waals surface area contributed by atoms with Crippen molar-refractivity contribution in [2.75, 3.05) is 7.05 Å². The van der Waals surface area contributed by atoms with Crippen LogP contribution in [0.25, 0.3) is 0 Å². The summed E-state index contributed by atoms with van der Waals surface area (Å²) in [6, 6.07) is 5.36. The Morgan fingerprint density at radius 1 is 0.957 bits per heavy atom. The summed E-state index contributed by atoms with van der Waals surface area (Å²) in [7, 11) is 2.12. The fourth-order valence-electron chi connectivity index (χ4n) is 5.75. The summed E-state index contributed by atoms with van der Waals surface area (Å²) >= 11 is 0. The van der Waals surface area contributed by atoms with Gasteiger partial charge in [0.2, 0.25) is 0 Å². The molecule has 2 nitrogen and oxygen atoms in total. The number of aryl methyl sites for hydroxylation is 3. The van der Waals surface area contributed by atoms with Gasteiger partial charge in [0.1, 0.15) is 0 Å². The minimum atomic E-state index is -0.0881. The molecule has 0 radical (unpaired) electrons. The van der Waals surface area contributed by atoms with Crippen LogP contribution in [0.15, 0.2) is 12.1 Å². The van der Waals surface area contributed by atoms with Gasteiger partial charge in [0.05, 0.1) is 5.60 Å². The molecule has 1 heterocycles. The molecule has 128 valence electrons. The third-order valence-electron chi connectivity index (χ3n) is 6.69. The monoisotopic (exact) mass is 315 g/mol. The Bertz CT molecular complexity index is 617. The lowest BCUT2D eigenvalue weighted by atomic mass is 9.54. The molecule has 2 fully saturated rings. The minimum Gasteiger partial charge on any atom is -0.293 e. The third-order valence-corrected chi connectivity index (χ3v) is 6.69. The lowest BCUT2D eigenvalue weighted by Crippen LogP contribution is -2.50. The van der Waals surface area contributed by atoms with E-state index in [1.165, 1.54) is 29.5 Å². The highest BCUT2D eigenvalue weighted by Gasteiger charge is 2.58. The standard InChI is InChI=1S/C21H33NO/c1-13-11-15(3)16(12-14(13)2)17-9-10-18-19(20(17,4)5)21(6,7)23-22(18)8/h11-12,17-19H,9-10H2,1-8H3. The maximum Gasteiger partial charge on any atom is 0.0892 e. The lowest BCUT2D eigenvalue weighted by Gasteiger charge is -2.50. The first-order chi connectivity index (χ1) is 10.6. The number of benzene rings is 1. The van der Waals surface area contributed by atoms with E-state index in [-0.39, 0.29) is 11.0 Å². The minimum absolute atomic E-state index is 0.0881. The molecule has 2 aliphatic rings. The molecule has 3 rings (SSSR count). The number of hydrogen-bond acceptors (Lipinski definition) is 2. The first-order valence-corrected chi connectivity index (χ1v) is 9.05. The quantitative estimate of drug-likeness (QED) is 0.710. The van der Waals surface area contributed by atoms with Crippen LogP contribution < -0.4 is 0 Å². The van der Waals surface area contributed by atoms with Gasteiger partial charge >= 0.3 is 0 Å². The van der Waals surface area contributed by atoms with Crippen LogP contribution in [0.3, 0.4) is 0 Å². The zero-order valence-corrected chi connectivity index (χ0v) is 16.2. The van der Waals surface area contributed by atoms with Crippen molar-refractivity contribution in [2.24, 2.45) is 11.3 Å². The molecule has 1 aliphatic carbocycles. The van der Waals surface area contributed by atoms with Crippen molar-refractivity contribution in [1.29, 1.82) is 0 Å². The van der Waals surface area contributed by atoms with E-state index in [4.69, 9.17) is 4.84 Å². The predicted molar refractivity (Wildman–Crippen MR) is 96.6 cm³/mol. The van der Waals surface area contributed by atoms with Crippen molar-refractivity contribution < 1.29 is 4.84 Å². The first-order valence-electron chi connectivity index (χ1n) is 9.05. The Balaban J connectivity index is 2.05. The van der Waals surface area contributed by atoms with Crippen molar-refractivity contribution >= 4 is 0 Å².